The molecule has 1 saturated heterocycles. The molecule has 8 heteroatoms. The molecule has 0 radical (unpaired) electrons. The van der Waals surface area contributed by atoms with Crippen molar-refractivity contribution in [1.82, 2.24) is 0 Å². The molecule has 0 bridgehead atoms. The van der Waals surface area contributed by atoms with E-state index in [9.17, 15) is 19.2 Å². The van der Waals surface area contributed by atoms with Crippen LogP contribution in [0.4, 0.5) is 0 Å². The number of allylic oxidation sites excluding steroid dienone is 3. The molecular weight excluding hydrogens is 404 g/mol. The lowest BCUT2D eigenvalue weighted by Gasteiger charge is -2.33. The van der Waals surface area contributed by atoms with Crippen LogP contribution in [0.3, 0.4) is 0 Å². The Morgan fingerprint density at radius 1 is 1.23 bits per heavy atom. The highest BCUT2D eigenvalue weighted by atomic mass is 16.6. The van der Waals surface area contributed by atoms with Crippen molar-refractivity contribution in [2.45, 2.75) is 58.8 Å². The molecule has 1 fully saturated rings. The van der Waals surface area contributed by atoms with Crippen LogP contribution in [0.1, 0.15) is 40.5 Å². The Balaban J connectivity index is 2.70. The second-order valence-electron chi connectivity index (χ2n) is 7.50. The fourth-order valence-electron chi connectivity index (χ4n) is 3.53. The predicted octanol–water partition coefficient (Wildman–Crippen LogP) is 2.73. The lowest BCUT2D eigenvalue weighted by atomic mass is 9.83. The molecule has 2 rings (SSSR count). The number of hydrogen-bond acceptors (Lipinski definition) is 8. The molecule has 0 N–H and O–H groups in total. The van der Waals surface area contributed by atoms with Crippen molar-refractivity contribution < 1.29 is 38.1 Å². The van der Waals surface area contributed by atoms with Crippen LogP contribution in [0, 0.1) is 5.92 Å². The third-order valence-corrected chi connectivity index (χ3v) is 5.28. The molecule has 8 nitrogen and oxygen atoms in total. The lowest BCUT2D eigenvalue weighted by Crippen LogP contribution is -2.46. The van der Waals surface area contributed by atoms with E-state index in [4.69, 9.17) is 18.9 Å². The monoisotopic (exact) mass is 432 g/mol. The summed E-state index contributed by atoms with van der Waals surface area (Å²) >= 11 is 0. The fraction of sp³-hybridized carbons (Fsp3) is 0.478. The minimum atomic E-state index is -1.32. The first-order valence-corrected chi connectivity index (χ1v) is 9.97. The number of carbonyl (C=O) groups is 4. The number of carbonyl (C=O) groups excluding carboxylic acids is 4. The molecule has 0 spiro atoms. The van der Waals surface area contributed by atoms with Crippen molar-refractivity contribution in [2.75, 3.05) is 7.11 Å². The van der Waals surface area contributed by atoms with Crippen LogP contribution in [-0.2, 0) is 38.1 Å². The molecular formula is C23H28O8. The molecule has 31 heavy (non-hydrogen) atoms. The maximum absolute atomic E-state index is 12.7. The van der Waals surface area contributed by atoms with Gasteiger partial charge in [-0.2, -0.15) is 0 Å². The van der Waals surface area contributed by atoms with Gasteiger partial charge in [-0.05, 0) is 39.7 Å². The van der Waals surface area contributed by atoms with Gasteiger partial charge in [0.05, 0.1) is 18.6 Å². The average Bonchev–Trinajstić information content (AvgIpc) is 2.99. The highest BCUT2D eigenvalue weighted by molar-refractivity contribution is 5.93. The summed E-state index contributed by atoms with van der Waals surface area (Å²) in [5, 5.41) is 0. The number of esters is 4. The zero-order valence-electron chi connectivity index (χ0n) is 18.4. The molecule has 1 aliphatic heterocycles. The SMILES string of the molecule is C=C1C(=O)O[C@@H]2/C=C(/C)CC/C=C(/C(=O)OC)[C@@H](OC(C)=O)[C@H](OC(=O)/C(C)=C\C)[C@H]12. The average molecular weight is 432 g/mol. The third kappa shape index (κ3) is 5.51. The van der Waals surface area contributed by atoms with Crippen LogP contribution < -0.4 is 0 Å². The Labute approximate surface area is 181 Å². The second-order valence-corrected chi connectivity index (χ2v) is 7.50. The largest absolute Gasteiger partial charge is 0.466 e. The Morgan fingerprint density at radius 3 is 2.48 bits per heavy atom. The van der Waals surface area contributed by atoms with Crippen LogP contribution in [-0.4, -0.2) is 49.3 Å². The minimum absolute atomic E-state index is 0.0224. The smallest absolute Gasteiger partial charge is 0.337 e. The van der Waals surface area contributed by atoms with E-state index in [1.54, 1.807) is 32.1 Å². The topological polar surface area (TPSA) is 105 Å². The number of rotatable bonds is 4. The highest BCUT2D eigenvalue weighted by Gasteiger charge is 2.50. The molecule has 0 saturated carbocycles. The van der Waals surface area contributed by atoms with E-state index in [2.05, 4.69) is 6.58 Å². The van der Waals surface area contributed by atoms with Crippen LogP contribution in [0.15, 0.2) is 47.1 Å². The first-order chi connectivity index (χ1) is 14.6. The fourth-order valence-corrected chi connectivity index (χ4v) is 3.53. The number of hydrogen-bond donors (Lipinski definition) is 0. The van der Waals surface area contributed by atoms with Crippen LogP contribution >= 0.6 is 0 Å². The minimum Gasteiger partial charge on any atom is -0.466 e. The Morgan fingerprint density at radius 2 is 1.90 bits per heavy atom. The van der Waals surface area contributed by atoms with Crippen molar-refractivity contribution >= 4 is 23.9 Å². The summed E-state index contributed by atoms with van der Waals surface area (Å²) in [6, 6.07) is 0. The Hall–Kier alpha value is -3.16. The van der Waals surface area contributed by atoms with Gasteiger partial charge in [-0.3, -0.25) is 4.79 Å². The molecule has 1 heterocycles. The van der Waals surface area contributed by atoms with Crippen molar-refractivity contribution in [3.8, 4) is 0 Å². The quantitative estimate of drug-likeness (QED) is 0.289. The van der Waals surface area contributed by atoms with Crippen molar-refractivity contribution in [1.29, 1.82) is 0 Å². The first kappa shape index (κ1) is 24.1. The van der Waals surface area contributed by atoms with Gasteiger partial charge in [-0.25, -0.2) is 14.4 Å². The summed E-state index contributed by atoms with van der Waals surface area (Å²) in [4.78, 5) is 49.6. The standard InChI is InChI=1S/C23H28O8/c1-7-13(3)21(25)31-20-18-14(4)22(26)30-17(18)11-12(2)9-8-10-16(23(27)28-6)19(20)29-15(5)24/h7,10-11,17-20H,4,8-9H2,1-3,5-6H3/b12-11-,13-7-,16-10+/t17-,18-,19-,20-/m1/s1. The van der Waals surface area contributed by atoms with Crippen LogP contribution in [0.2, 0.25) is 0 Å². The molecule has 0 amide bonds. The Kier molecular flexibility index (Phi) is 7.96. The molecule has 0 aromatic rings. The van der Waals surface area contributed by atoms with E-state index in [1.165, 1.54) is 14.0 Å². The molecule has 0 unspecified atom stereocenters. The molecule has 0 aromatic carbocycles. The van der Waals surface area contributed by atoms with Gasteiger partial charge in [0.25, 0.3) is 0 Å². The van der Waals surface area contributed by atoms with Crippen LogP contribution in [0.25, 0.3) is 0 Å². The third-order valence-electron chi connectivity index (χ3n) is 5.28. The van der Waals surface area contributed by atoms with Gasteiger partial charge in [0.1, 0.15) is 6.10 Å². The van der Waals surface area contributed by atoms with E-state index in [0.717, 1.165) is 5.57 Å². The van der Waals surface area contributed by atoms with Crippen molar-refractivity contribution in [3.63, 3.8) is 0 Å². The molecule has 0 aromatic heterocycles. The van der Waals surface area contributed by atoms with E-state index in [-0.39, 0.29) is 11.1 Å². The summed E-state index contributed by atoms with van der Waals surface area (Å²) in [5.41, 5.74) is 1.31. The number of ether oxygens (including phenoxy) is 4. The summed E-state index contributed by atoms with van der Waals surface area (Å²) in [5.74, 6) is -3.62. The van der Waals surface area contributed by atoms with Gasteiger partial charge in [-0.15, -0.1) is 0 Å². The summed E-state index contributed by atoms with van der Waals surface area (Å²) < 4.78 is 21.5. The molecule has 168 valence electrons. The first-order valence-electron chi connectivity index (χ1n) is 9.97. The van der Waals surface area contributed by atoms with Gasteiger partial charge >= 0.3 is 23.9 Å². The van der Waals surface area contributed by atoms with Gasteiger partial charge in [0, 0.05) is 18.1 Å². The van der Waals surface area contributed by atoms with E-state index >= 15 is 0 Å². The summed E-state index contributed by atoms with van der Waals surface area (Å²) in [6.45, 7) is 10.1. The van der Waals surface area contributed by atoms with Gasteiger partial charge in [0.2, 0.25) is 0 Å². The molecule has 1 aliphatic carbocycles. The lowest BCUT2D eigenvalue weighted by molar-refractivity contribution is -0.167. The maximum Gasteiger partial charge on any atom is 0.337 e. The van der Waals surface area contributed by atoms with Gasteiger partial charge in [0.15, 0.2) is 12.2 Å². The summed E-state index contributed by atoms with van der Waals surface area (Å²) in [6.07, 6.45) is 2.58. The molecule has 4 atom stereocenters. The summed E-state index contributed by atoms with van der Waals surface area (Å²) in [7, 11) is 1.20. The zero-order valence-corrected chi connectivity index (χ0v) is 18.4. The second kappa shape index (κ2) is 10.2. The number of fused-ring (bicyclic) bond motifs is 1. The van der Waals surface area contributed by atoms with Crippen molar-refractivity contribution in [2.24, 2.45) is 5.92 Å². The van der Waals surface area contributed by atoms with E-state index in [1.807, 2.05) is 6.92 Å². The maximum atomic E-state index is 12.7. The predicted molar refractivity (Wildman–Crippen MR) is 110 cm³/mol. The Bertz CT molecular complexity index is 876. The zero-order chi connectivity index (χ0) is 23.3. The van der Waals surface area contributed by atoms with Crippen molar-refractivity contribution in [3.05, 3.63) is 47.1 Å². The van der Waals surface area contributed by atoms with Gasteiger partial charge < -0.3 is 18.9 Å². The highest BCUT2D eigenvalue weighted by Crippen LogP contribution is 2.38. The van der Waals surface area contributed by atoms with E-state index < -0.39 is 48.1 Å². The van der Waals surface area contributed by atoms with Gasteiger partial charge in [-0.1, -0.05) is 24.3 Å². The van der Waals surface area contributed by atoms with Crippen LogP contribution in [0.5, 0.6) is 0 Å². The normalized spacial score (nSPS) is 30.0. The van der Waals surface area contributed by atoms with E-state index in [0.29, 0.717) is 18.4 Å². The number of methoxy groups -OCH3 is 1. The molecule has 2 aliphatic rings.